The maximum absolute atomic E-state index is 5.49. The molecular weight excluding hydrogens is 278 g/mol. The van der Waals surface area contributed by atoms with Crippen LogP contribution in [-0.2, 0) is 6.42 Å². The Bertz CT molecular complexity index is 625. The molecule has 0 amide bonds. The molecule has 3 rings (SSSR count). The maximum Gasteiger partial charge on any atom is 0.231 e. The molecule has 0 N–H and O–H groups in total. The minimum absolute atomic E-state index is 0.282. The lowest BCUT2D eigenvalue weighted by molar-refractivity contribution is 0.329. The van der Waals surface area contributed by atoms with E-state index in [0.717, 1.165) is 55.6 Å². The number of aryl methyl sites for hydroxylation is 1. The minimum Gasteiger partial charge on any atom is -0.355 e. The minimum atomic E-state index is 0.282. The van der Waals surface area contributed by atoms with Crippen LogP contribution in [0.4, 0.5) is 5.82 Å². The van der Waals surface area contributed by atoms with E-state index in [1.165, 1.54) is 0 Å². The van der Waals surface area contributed by atoms with Gasteiger partial charge in [-0.15, -0.1) is 0 Å². The van der Waals surface area contributed by atoms with Crippen LogP contribution in [0.5, 0.6) is 0 Å². The summed E-state index contributed by atoms with van der Waals surface area (Å²) in [5.41, 5.74) is 0.941. The van der Waals surface area contributed by atoms with Crippen molar-refractivity contribution in [1.29, 1.82) is 0 Å². The molecule has 0 aliphatic carbocycles. The largest absolute Gasteiger partial charge is 0.355 e. The summed E-state index contributed by atoms with van der Waals surface area (Å²) in [6.45, 7) is 8.15. The molecule has 0 aromatic carbocycles. The molecule has 0 bridgehead atoms. The second-order valence-corrected chi connectivity index (χ2v) is 6.45. The lowest BCUT2D eigenvalue weighted by Crippen LogP contribution is -2.35. The molecule has 22 heavy (non-hydrogen) atoms. The molecule has 6 heteroatoms. The summed E-state index contributed by atoms with van der Waals surface area (Å²) < 4.78 is 5.49. The number of rotatable bonds is 4. The van der Waals surface area contributed by atoms with E-state index >= 15 is 0 Å². The number of hydrogen-bond acceptors (Lipinski definition) is 6. The second-order valence-electron chi connectivity index (χ2n) is 6.45. The predicted octanol–water partition coefficient (Wildman–Crippen LogP) is 2.75. The zero-order chi connectivity index (χ0) is 15.5. The Balaban J connectivity index is 1.71. The molecule has 1 fully saturated rings. The Kier molecular flexibility index (Phi) is 4.36. The molecule has 1 aliphatic heterocycles. The first-order valence-electron chi connectivity index (χ1n) is 7.98. The fraction of sp³-hybridized carbons (Fsp3) is 0.625. The quantitative estimate of drug-likeness (QED) is 0.865. The van der Waals surface area contributed by atoms with Gasteiger partial charge in [-0.05, 0) is 25.7 Å². The third-order valence-electron chi connectivity index (χ3n) is 3.91. The van der Waals surface area contributed by atoms with Gasteiger partial charge in [-0.1, -0.05) is 19.0 Å². The van der Waals surface area contributed by atoms with Crippen molar-refractivity contribution in [2.24, 2.45) is 5.92 Å². The van der Waals surface area contributed by atoms with Crippen molar-refractivity contribution in [3.05, 3.63) is 29.8 Å². The third kappa shape index (κ3) is 3.43. The first-order valence-corrected chi connectivity index (χ1v) is 7.98. The zero-order valence-electron chi connectivity index (χ0n) is 13.5. The highest BCUT2D eigenvalue weighted by Crippen LogP contribution is 2.28. The number of nitrogens with zero attached hydrogens (tertiary/aromatic N) is 5. The van der Waals surface area contributed by atoms with Crippen molar-refractivity contribution < 1.29 is 4.52 Å². The molecular formula is C16H23N5O. The van der Waals surface area contributed by atoms with Gasteiger partial charge in [0.1, 0.15) is 5.82 Å². The van der Waals surface area contributed by atoms with Gasteiger partial charge < -0.3 is 9.42 Å². The lowest BCUT2D eigenvalue weighted by Gasteiger charge is -2.31. The Morgan fingerprint density at radius 1 is 1.32 bits per heavy atom. The number of aromatic nitrogens is 4. The van der Waals surface area contributed by atoms with E-state index in [1.807, 2.05) is 13.1 Å². The summed E-state index contributed by atoms with van der Waals surface area (Å²) >= 11 is 0. The summed E-state index contributed by atoms with van der Waals surface area (Å²) in [7, 11) is 0. The van der Waals surface area contributed by atoms with Gasteiger partial charge in [-0.2, -0.15) is 4.98 Å². The molecule has 2 aromatic rings. The topological polar surface area (TPSA) is 67.9 Å². The zero-order valence-corrected chi connectivity index (χ0v) is 13.5. The van der Waals surface area contributed by atoms with E-state index in [4.69, 9.17) is 4.52 Å². The van der Waals surface area contributed by atoms with Crippen LogP contribution in [-0.4, -0.2) is 33.2 Å². The van der Waals surface area contributed by atoms with Crippen LogP contribution in [0.3, 0.4) is 0 Å². The number of anilines is 1. The Morgan fingerprint density at radius 3 is 2.95 bits per heavy atom. The second kappa shape index (κ2) is 6.42. The Labute approximate surface area is 131 Å². The van der Waals surface area contributed by atoms with E-state index in [0.29, 0.717) is 5.92 Å². The summed E-state index contributed by atoms with van der Waals surface area (Å²) in [4.78, 5) is 15.6. The first kappa shape index (κ1) is 14.9. The Hall–Kier alpha value is -1.98. The van der Waals surface area contributed by atoms with Crippen LogP contribution in [0.15, 0.2) is 16.9 Å². The monoisotopic (exact) mass is 301 g/mol. The van der Waals surface area contributed by atoms with Gasteiger partial charge in [0, 0.05) is 25.7 Å². The van der Waals surface area contributed by atoms with Gasteiger partial charge in [-0.25, -0.2) is 4.98 Å². The number of hydrogen-bond donors (Lipinski definition) is 0. The van der Waals surface area contributed by atoms with Crippen LogP contribution in [0, 0.1) is 12.8 Å². The van der Waals surface area contributed by atoms with Gasteiger partial charge in [-0.3, -0.25) is 4.98 Å². The molecule has 1 saturated heterocycles. The van der Waals surface area contributed by atoms with Crippen molar-refractivity contribution in [2.75, 3.05) is 18.0 Å². The smallest absolute Gasteiger partial charge is 0.231 e. The normalized spacial score (nSPS) is 18.9. The fourth-order valence-corrected chi connectivity index (χ4v) is 2.87. The molecule has 3 heterocycles. The SMILES string of the molecule is Cc1cncc(N2CCCC(c3nc(CC(C)C)no3)C2)n1. The van der Waals surface area contributed by atoms with Crippen molar-refractivity contribution in [3.8, 4) is 0 Å². The molecule has 0 radical (unpaired) electrons. The summed E-state index contributed by atoms with van der Waals surface area (Å²) in [6.07, 6.45) is 6.65. The molecule has 6 nitrogen and oxygen atoms in total. The lowest BCUT2D eigenvalue weighted by atomic mass is 9.98. The highest BCUT2D eigenvalue weighted by atomic mass is 16.5. The van der Waals surface area contributed by atoms with Crippen LogP contribution in [0.2, 0.25) is 0 Å². The highest BCUT2D eigenvalue weighted by molar-refractivity contribution is 5.37. The molecule has 0 spiro atoms. The molecule has 1 aliphatic rings. The van der Waals surface area contributed by atoms with Crippen LogP contribution < -0.4 is 4.90 Å². The van der Waals surface area contributed by atoms with E-state index in [9.17, 15) is 0 Å². The summed E-state index contributed by atoms with van der Waals surface area (Å²) in [5.74, 6) is 3.34. The van der Waals surface area contributed by atoms with E-state index in [1.54, 1.807) is 6.20 Å². The van der Waals surface area contributed by atoms with Crippen LogP contribution >= 0.6 is 0 Å². The van der Waals surface area contributed by atoms with Gasteiger partial charge in [0.2, 0.25) is 5.89 Å². The molecule has 2 aromatic heterocycles. The molecule has 1 unspecified atom stereocenters. The number of piperidine rings is 1. The standard InChI is InChI=1S/C16H23N5O/c1-11(2)7-14-19-16(22-20-14)13-5-4-6-21(10-13)15-9-17-8-12(3)18-15/h8-9,11,13H,4-7,10H2,1-3H3. The predicted molar refractivity (Wildman–Crippen MR) is 83.8 cm³/mol. The van der Waals surface area contributed by atoms with Gasteiger partial charge in [0.05, 0.1) is 17.8 Å². The summed E-state index contributed by atoms with van der Waals surface area (Å²) in [6, 6.07) is 0. The van der Waals surface area contributed by atoms with E-state index in [-0.39, 0.29) is 5.92 Å². The summed E-state index contributed by atoms with van der Waals surface area (Å²) in [5, 5.41) is 4.11. The maximum atomic E-state index is 5.49. The highest BCUT2D eigenvalue weighted by Gasteiger charge is 2.27. The van der Waals surface area contributed by atoms with Crippen molar-refractivity contribution >= 4 is 5.82 Å². The first-order chi connectivity index (χ1) is 10.6. The van der Waals surface area contributed by atoms with Gasteiger partial charge in [0.25, 0.3) is 0 Å². The third-order valence-corrected chi connectivity index (χ3v) is 3.91. The van der Waals surface area contributed by atoms with E-state index in [2.05, 4.69) is 38.9 Å². The van der Waals surface area contributed by atoms with Crippen molar-refractivity contribution in [3.63, 3.8) is 0 Å². The van der Waals surface area contributed by atoms with E-state index < -0.39 is 0 Å². The van der Waals surface area contributed by atoms with Crippen molar-refractivity contribution in [2.45, 2.75) is 46.0 Å². The average Bonchev–Trinajstić information content (AvgIpc) is 2.95. The average molecular weight is 301 g/mol. The van der Waals surface area contributed by atoms with Crippen LogP contribution in [0.1, 0.15) is 50.0 Å². The molecule has 118 valence electrons. The van der Waals surface area contributed by atoms with Crippen LogP contribution in [0.25, 0.3) is 0 Å². The van der Waals surface area contributed by atoms with Crippen molar-refractivity contribution in [1.82, 2.24) is 20.1 Å². The van der Waals surface area contributed by atoms with Gasteiger partial charge >= 0.3 is 0 Å². The Morgan fingerprint density at radius 2 is 2.18 bits per heavy atom. The van der Waals surface area contributed by atoms with Gasteiger partial charge in [0.15, 0.2) is 5.82 Å². The fourth-order valence-electron chi connectivity index (χ4n) is 2.87. The molecule has 1 atom stereocenters. The molecule has 0 saturated carbocycles.